The minimum atomic E-state index is -0.832. The second kappa shape index (κ2) is 4.49. The first-order chi connectivity index (χ1) is 11.9. The zero-order chi connectivity index (χ0) is 17.6. The fraction of sp³-hybridized carbons (Fsp3) is 0.524. The highest BCUT2D eigenvalue weighted by Crippen LogP contribution is 2.66. The SMILES string of the molecule is C=CC[N@@+]1(C)CC[C@@]23c4c5ccc(O)c4CC1C2(O)CCC(=C)C3O5. The van der Waals surface area contributed by atoms with Crippen LogP contribution in [0.4, 0.5) is 0 Å². The van der Waals surface area contributed by atoms with Gasteiger partial charge in [0.15, 0.2) is 0 Å². The van der Waals surface area contributed by atoms with Gasteiger partial charge >= 0.3 is 0 Å². The predicted molar refractivity (Wildman–Crippen MR) is 95.7 cm³/mol. The second-order valence-electron chi connectivity index (χ2n) is 8.63. The Labute approximate surface area is 148 Å². The summed E-state index contributed by atoms with van der Waals surface area (Å²) in [6.07, 6.45) is 4.82. The quantitative estimate of drug-likeness (QED) is 0.642. The summed E-state index contributed by atoms with van der Waals surface area (Å²) < 4.78 is 7.11. The summed E-state index contributed by atoms with van der Waals surface area (Å²) in [6, 6.07) is 3.63. The summed E-state index contributed by atoms with van der Waals surface area (Å²) in [4.78, 5) is 0. The van der Waals surface area contributed by atoms with Crippen LogP contribution in [0.3, 0.4) is 0 Å². The lowest BCUT2D eigenvalue weighted by Crippen LogP contribution is -2.79. The third-order valence-electron chi connectivity index (χ3n) is 7.62. The van der Waals surface area contributed by atoms with E-state index in [1.54, 1.807) is 6.07 Å². The minimum Gasteiger partial charge on any atom is -0.508 e. The number of piperidine rings is 1. The maximum atomic E-state index is 12.1. The lowest BCUT2D eigenvalue weighted by Gasteiger charge is -2.64. The number of likely N-dealkylation sites (N-methyl/N-ethyl adjacent to an activating group) is 1. The molecule has 1 spiro atoms. The molecule has 2 bridgehead atoms. The number of ether oxygens (including phenoxy) is 1. The number of aliphatic hydroxyl groups is 1. The average Bonchev–Trinajstić information content (AvgIpc) is 2.91. The van der Waals surface area contributed by atoms with Crippen LogP contribution in [0, 0.1) is 0 Å². The van der Waals surface area contributed by atoms with Crippen LogP contribution in [-0.2, 0) is 11.8 Å². The van der Waals surface area contributed by atoms with E-state index in [0.29, 0.717) is 12.2 Å². The first kappa shape index (κ1) is 15.5. The zero-order valence-corrected chi connectivity index (χ0v) is 14.8. The number of benzene rings is 1. The number of likely N-dealkylation sites (tertiary alicyclic amines) is 1. The van der Waals surface area contributed by atoms with Gasteiger partial charge in [-0.1, -0.05) is 13.2 Å². The fourth-order valence-electron chi connectivity index (χ4n) is 6.48. The standard InChI is InChI=1S/C21H25NO3/c1-4-10-22(3)11-9-20-18-14-12-17(22)21(20,24)8-7-13(2)19(20)25-16(18)6-5-15(14)23/h4-6,17,19,24H,1-2,7-12H2,3H3/p+1/t17?,19?,20-,21?,22-/m0/s1. The average molecular weight is 340 g/mol. The number of quaternary nitrogens is 1. The van der Waals surface area contributed by atoms with E-state index < -0.39 is 11.0 Å². The van der Waals surface area contributed by atoms with Crippen LogP contribution < -0.4 is 4.74 Å². The van der Waals surface area contributed by atoms with Gasteiger partial charge in [0.1, 0.15) is 29.2 Å². The van der Waals surface area contributed by atoms with E-state index in [1.165, 1.54) is 0 Å². The molecule has 3 unspecified atom stereocenters. The van der Waals surface area contributed by atoms with Gasteiger partial charge in [0.25, 0.3) is 0 Å². The molecule has 1 saturated carbocycles. The Kier molecular flexibility index (Phi) is 2.78. The molecule has 5 atom stereocenters. The summed E-state index contributed by atoms with van der Waals surface area (Å²) >= 11 is 0. The number of aromatic hydroxyl groups is 1. The highest BCUT2D eigenvalue weighted by molar-refractivity contribution is 5.62. The van der Waals surface area contributed by atoms with Gasteiger partial charge in [0.2, 0.25) is 0 Å². The number of hydrogen-bond acceptors (Lipinski definition) is 3. The lowest BCUT2D eigenvalue weighted by atomic mass is 9.48. The normalized spacial score (nSPS) is 43.4. The fourth-order valence-corrected chi connectivity index (χ4v) is 6.48. The van der Waals surface area contributed by atoms with Crippen molar-refractivity contribution in [2.45, 2.75) is 48.8 Å². The van der Waals surface area contributed by atoms with Crippen LogP contribution in [0.25, 0.3) is 0 Å². The molecule has 2 N–H and O–H groups in total. The number of phenols is 1. The number of rotatable bonds is 2. The van der Waals surface area contributed by atoms with E-state index in [2.05, 4.69) is 20.2 Å². The Morgan fingerprint density at radius 1 is 1.40 bits per heavy atom. The Morgan fingerprint density at radius 3 is 2.96 bits per heavy atom. The van der Waals surface area contributed by atoms with Gasteiger partial charge in [-0.05, 0) is 36.6 Å². The first-order valence-corrected chi connectivity index (χ1v) is 9.24. The molecule has 5 rings (SSSR count). The molecule has 1 aromatic rings. The van der Waals surface area contributed by atoms with Gasteiger partial charge in [-0.15, -0.1) is 0 Å². The van der Waals surface area contributed by atoms with E-state index in [1.807, 2.05) is 12.1 Å². The van der Waals surface area contributed by atoms with Crippen LogP contribution in [0.5, 0.6) is 11.5 Å². The van der Waals surface area contributed by atoms with Crippen molar-refractivity contribution in [1.82, 2.24) is 0 Å². The first-order valence-electron chi connectivity index (χ1n) is 9.24. The maximum Gasteiger partial charge on any atom is 0.133 e. The molecule has 0 amide bonds. The molecule has 4 heteroatoms. The predicted octanol–water partition coefficient (Wildman–Crippen LogP) is 2.43. The summed E-state index contributed by atoms with van der Waals surface area (Å²) in [7, 11) is 2.22. The van der Waals surface area contributed by atoms with Gasteiger partial charge in [-0.25, -0.2) is 0 Å². The van der Waals surface area contributed by atoms with Crippen molar-refractivity contribution in [2.24, 2.45) is 0 Å². The van der Waals surface area contributed by atoms with Crippen molar-refractivity contribution >= 4 is 0 Å². The van der Waals surface area contributed by atoms with Gasteiger partial charge in [-0.3, -0.25) is 0 Å². The van der Waals surface area contributed by atoms with Gasteiger partial charge < -0.3 is 19.4 Å². The molecule has 4 nitrogen and oxygen atoms in total. The molecule has 1 saturated heterocycles. The van der Waals surface area contributed by atoms with Crippen molar-refractivity contribution < 1.29 is 19.4 Å². The van der Waals surface area contributed by atoms with Crippen molar-refractivity contribution in [2.75, 3.05) is 20.1 Å². The zero-order valence-electron chi connectivity index (χ0n) is 14.8. The van der Waals surface area contributed by atoms with Crippen LogP contribution in [-0.4, -0.2) is 52.6 Å². The Morgan fingerprint density at radius 2 is 2.20 bits per heavy atom. The minimum absolute atomic E-state index is 0.0326. The van der Waals surface area contributed by atoms with E-state index in [0.717, 1.165) is 59.3 Å². The van der Waals surface area contributed by atoms with Gasteiger partial charge in [0, 0.05) is 24.0 Å². The van der Waals surface area contributed by atoms with Crippen molar-refractivity contribution in [3.05, 3.63) is 48.1 Å². The van der Waals surface area contributed by atoms with E-state index in [-0.39, 0.29) is 12.1 Å². The van der Waals surface area contributed by atoms with Gasteiger partial charge in [-0.2, -0.15) is 0 Å². The molecule has 132 valence electrons. The van der Waals surface area contributed by atoms with Crippen molar-refractivity contribution in [3.8, 4) is 11.5 Å². The molecule has 2 fully saturated rings. The van der Waals surface area contributed by atoms with Crippen molar-refractivity contribution in [3.63, 3.8) is 0 Å². The third-order valence-corrected chi connectivity index (χ3v) is 7.62. The molecule has 1 aromatic carbocycles. The number of nitrogens with zero attached hydrogens (tertiary/aromatic N) is 1. The van der Waals surface area contributed by atoms with Crippen molar-refractivity contribution in [1.29, 1.82) is 0 Å². The molecule has 4 aliphatic rings. The molecule has 2 aliphatic carbocycles. The van der Waals surface area contributed by atoms with Crippen LogP contribution in [0.15, 0.2) is 36.9 Å². The smallest absolute Gasteiger partial charge is 0.133 e. The highest BCUT2D eigenvalue weighted by atomic mass is 16.5. The summed E-state index contributed by atoms with van der Waals surface area (Å²) in [6.45, 7) is 10.0. The lowest BCUT2D eigenvalue weighted by molar-refractivity contribution is -0.944. The molecule has 25 heavy (non-hydrogen) atoms. The third kappa shape index (κ3) is 1.52. The monoisotopic (exact) mass is 340 g/mol. The van der Waals surface area contributed by atoms with Crippen LogP contribution in [0.1, 0.15) is 30.4 Å². The molecule has 0 aromatic heterocycles. The Balaban J connectivity index is 1.83. The molecule has 0 radical (unpaired) electrons. The largest absolute Gasteiger partial charge is 0.508 e. The van der Waals surface area contributed by atoms with Crippen LogP contribution >= 0.6 is 0 Å². The highest BCUT2D eigenvalue weighted by Gasteiger charge is 2.75. The number of hydrogen-bond donors (Lipinski definition) is 2. The summed E-state index contributed by atoms with van der Waals surface area (Å²) in [5.41, 5.74) is 1.81. The molecule has 2 heterocycles. The van der Waals surface area contributed by atoms with E-state index in [9.17, 15) is 10.2 Å². The van der Waals surface area contributed by atoms with Gasteiger partial charge in [0.05, 0.1) is 25.6 Å². The molecular weight excluding hydrogens is 314 g/mol. The molecule has 2 aliphatic heterocycles. The van der Waals surface area contributed by atoms with E-state index >= 15 is 0 Å². The summed E-state index contributed by atoms with van der Waals surface area (Å²) in [5, 5.41) is 22.7. The summed E-state index contributed by atoms with van der Waals surface area (Å²) in [5.74, 6) is 1.16. The Bertz CT molecular complexity index is 818. The second-order valence-corrected chi connectivity index (χ2v) is 8.63. The Hall–Kier alpha value is -1.78. The number of phenolic OH excluding ortho intramolecular Hbond substituents is 1. The maximum absolute atomic E-state index is 12.1. The topological polar surface area (TPSA) is 49.7 Å². The van der Waals surface area contributed by atoms with Crippen LogP contribution in [0.2, 0.25) is 0 Å². The molecular formula is C21H26NO3+. The van der Waals surface area contributed by atoms with E-state index in [4.69, 9.17) is 4.74 Å².